The number of imide groups is 1. The average Bonchev–Trinajstić information content (AvgIpc) is 3.55. The van der Waals surface area contributed by atoms with Crippen molar-refractivity contribution < 1.29 is 19.1 Å². The van der Waals surface area contributed by atoms with E-state index < -0.39 is 6.10 Å². The van der Waals surface area contributed by atoms with Crippen LogP contribution in [0.2, 0.25) is 5.02 Å². The predicted octanol–water partition coefficient (Wildman–Crippen LogP) is 4.33. The molecule has 36 heavy (non-hydrogen) atoms. The third-order valence-corrected chi connectivity index (χ3v) is 8.40. The van der Waals surface area contributed by atoms with Crippen LogP contribution >= 0.6 is 22.9 Å². The van der Waals surface area contributed by atoms with Crippen LogP contribution in [-0.4, -0.2) is 70.3 Å². The summed E-state index contributed by atoms with van der Waals surface area (Å²) >= 11 is 8.01. The number of hydrogen-bond donors (Lipinski definition) is 0. The summed E-state index contributed by atoms with van der Waals surface area (Å²) in [5.41, 5.74) is 3.41. The maximum atomic E-state index is 13.2. The first-order valence-corrected chi connectivity index (χ1v) is 13.3. The van der Waals surface area contributed by atoms with Gasteiger partial charge in [0.15, 0.2) is 6.10 Å². The Bertz CT molecular complexity index is 1400. The Hall–Kier alpha value is -3.17. The van der Waals surface area contributed by atoms with E-state index in [-0.39, 0.29) is 30.9 Å². The van der Waals surface area contributed by atoms with Crippen LogP contribution in [0.1, 0.15) is 29.7 Å². The number of urea groups is 1. The van der Waals surface area contributed by atoms with Crippen molar-refractivity contribution in [1.29, 1.82) is 0 Å². The Balaban J connectivity index is 1.33. The van der Waals surface area contributed by atoms with Crippen LogP contribution in [0.3, 0.4) is 0 Å². The molecule has 3 aliphatic heterocycles. The first-order chi connectivity index (χ1) is 17.4. The van der Waals surface area contributed by atoms with E-state index in [0.717, 1.165) is 64.1 Å². The lowest BCUT2D eigenvalue weighted by Gasteiger charge is -2.28. The van der Waals surface area contributed by atoms with Gasteiger partial charge >= 0.3 is 6.03 Å². The summed E-state index contributed by atoms with van der Waals surface area (Å²) in [5, 5.41) is 0.580. The second-order valence-corrected chi connectivity index (χ2v) is 11.1. The molecule has 0 N–H and O–H groups in total. The molecule has 0 radical (unpaired) electrons. The molecule has 2 fully saturated rings. The normalized spacial score (nSPS) is 19.8. The monoisotopic (exact) mass is 524 g/mol. The summed E-state index contributed by atoms with van der Waals surface area (Å²) in [4.78, 5) is 47.7. The zero-order valence-electron chi connectivity index (χ0n) is 19.8. The largest absolute Gasteiger partial charge is 0.479 e. The van der Waals surface area contributed by atoms with Gasteiger partial charge in [0.25, 0.3) is 11.8 Å². The van der Waals surface area contributed by atoms with Crippen LogP contribution in [-0.2, 0) is 22.6 Å². The fourth-order valence-electron chi connectivity index (χ4n) is 5.24. The molecule has 1 unspecified atom stereocenters. The second kappa shape index (κ2) is 9.05. The van der Waals surface area contributed by atoms with Crippen molar-refractivity contribution in [3.8, 4) is 16.9 Å². The molecule has 1 atom stereocenters. The van der Waals surface area contributed by atoms with Crippen LogP contribution in [0.5, 0.6) is 5.75 Å². The van der Waals surface area contributed by atoms with Gasteiger partial charge in [-0.15, -0.1) is 11.3 Å². The number of hydrogen-bond acceptors (Lipinski definition) is 6. The maximum absolute atomic E-state index is 13.2. The van der Waals surface area contributed by atoms with Gasteiger partial charge in [0.2, 0.25) is 0 Å². The Morgan fingerprint density at radius 2 is 1.97 bits per heavy atom. The Labute approximate surface area is 217 Å². The van der Waals surface area contributed by atoms with Gasteiger partial charge in [0, 0.05) is 59.3 Å². The van der Waals surface area contributed by atoms with E-state index in [2.05, 4.69) is 4.98 Å². The first kappa shape index (κ1) is 23.2. The number of nitrogens with zero attached hydrogens (tertiary/aromatic N) is 4. The molecule has 10 heteroatoms. The van der Waals surface area contributed by atoms with Gasteiger partial charge in [0.1, 0.15) is 12.3 Å². The molecular weight excluding hydrogens is 500 g/mol. The molecule has 3 aromatic rings. The van der Waals surface area contributed by atoms with Gasteiger partial charge in [-0.3, -0.25) is 19.5 Å². The van der Waals surface area contributed by atoms with E-state index in [1.54, 1.807) is 13.2 Å². The van der Waals surface area contributed by atoms with Gasteiger partial charge in [0.05, 0.1) is 16.8 Å². The molecule has 0 bridgehead atoms. The minimum absolute atomic E-state index is 0.0381. The first-order valence-electron chi connectivity index (χ1n) is 12.1. The Kier molecular flexibility index (Phi) is 5.84. The number of aromatic nitrogens is 1. The van der Waals surface area contributed by atoms with E-state index in [1.807, 2.05) is 29.2 Å². The number of likely N-dealkylation sites (N-methyl/N-ethyl adjacent to an activating group) is 1. The van der Waals surface area contributed by atoms with Crippen molar-refractivity contribution in [3.63, 3.8) is 0 Å². The lowest BCUT2D eigenvalue weighted by molar-refractivity contribution is -0.138. The van der Waals surface area contributed by atoms with Crippen molar-refractivity contribution in [2.24, 2.45) is 0 Å². The Morgan fingerprint density at radius 3 is 2.72 bits per heavy atom. The molecule has 0 aliphatic carbocycles. The van der Waals surface area contributed by atoms with Crippen molar-refractivity contribution in [1.82, 2.24) is 19.7 Å². The van der Waals surface area contributed by atoms with E-state index in [1.165, 1.54) is 21.1 Å². The number of benzene rings is 1. The molecule has 8 nitrogen and oxygen atoms in total. The molecule has 2 aromatic heterocycles. The predicted molar refractivity (Wildman–Crippen MR) is 137 cm³/mol. The average molecular weight is 525 g/mol. The standard InChI is InChI=1S/C26H25ClN4O4S/c1-29-14-22(32)31(26(29)34)13-17-12-20-24(36-17)18(5-6-28-20)19-11-16(27)9-15-10-21(35-23(15)19)25(33)30-7-3-2-4-8-30/h5-6,9,11-12,21H,2-4,7-8,10,13-14H2,1H3. The number of carbonyl (C=O) groups is 3. The maximum Gasteiger partial charge on any atom is 0.327 e. The summed E-state index contributed by atoms with van der Waals surface area (Å²) in [6.45, 7) is 1.86. The van der Waals surface area contributed by atoms with E-state index in [9.17, 15) is 14.4 Å². The SMILES string of the molecule is CN1CC(=O)N(Cc2cc3nccc(-c4cc(Cl)cc5c4OC(C(=O)N4CCCCC4)C5)c3s2)C1=O. The van der Waals surface area contributed by atoms with Crippen molar-refractivity contribution in [2.75, 3.05) is 26.7 Å². The number of ether oxygens (including phenoxy) is 1. The highest BCUT2D eigenvalue weighted by molar-refractivity contribution is 7.19. The van der Waals surface area contributed by atoms with Crippen LogP contribution in [0.4, 0.5) is 4.79 Å². The highest BCUT2D eigenvalue weighted by atomic mass is 35.5. The molecule has 186 valence electrons. The number of likely N-dealkylation sites (tertiary alicyclic amines) is 1. The number of amides is 4. The molecule has 0 saturated carbocycles. The zero-order valence-corrected chi connectivity index (χ0v) is 21.4. The van der Waals surface area contributed by atoms with Crippen LogP contribution in [0, 0.1) is 0 Å². The lowest BCUT2D eigenvalue weighted by Crippen LogP contribution is -2.43. The topological polar surface area (TPSA) is 83.1 Å². The third kappa shape index (κ3) is 4.00. The number of piperidine rings is 1. The van der Waals surface area contributed by atoms with Gasteiger partial charge < -0.3 is 14.5 Å². The number of halogens is 1. The van der Waals surface area contributed by atoms with Crippen molar-refractivity contribution in [3.05, 3.63) is 45.9 Å². The van der Waals surface area contributed by atoms with E-state index in [0.29, 0.717) is 17.2 Å². The summed E-state index contributed by atoms with van der Waals surface area (Å²) in [7, 11) is 1.62. The molecule has 4 amide bonds. The van der Waals surface area contributed by atoms with Gasteiger partial charge in [-0.25, -0.2) is 4.79 Å². The minimum atomic E-state index is -0.546. The van der Waals surface area contributed by atoms with Gasteiger partial charge in [-0.1, -0.05) is 11.6 Å². The molecular formula is C26H25ClN4O4S. The second-order valence-electron chi connectivity index (χ2n) is 9.54. The minimum Gasteiger partial charge on any atom is -0.479 e. The fourth-order valence-corrected chi connectivity index (χ4v) is 6.61. The number of pyridine rings is 1. The fraction of sp³-hybridized carbons (Fsp3) is 0.385. The molecule has 6 rings (SSSR count). The Morgan fingerprint density at radius 1 is 1.17 bits per heavy atom. The van der Waals surface area contributed by atoms with E-state index >= 15 is 0 Å². The quantitative estimate of drug-likeness (QED) is 0.474. The molecule has 5 heterocycles. The van der Waals surface area contributed by atoms with Crippen LogP contribution in [0.25, 0.3) is 21.3 Å². The summed E-state index contributed by atoms with van der Waals surface area (Å²) in [6.07, 6.45) is 4.90. The van der Waals surface area contributed by atoms with Crippen molar-refractivity contribution in [2.45, 2.75) is 38.3 Å². The molecule has 1 aromatic carbocycles. The highest BCUT2D eigenvalue weighted by Gasteiger charge is 2.36. The number of rotatable bonds is 4. The third-order valence-electron chi connectivity index (χ3n) is 7.04. The summed E-state index contributed by atoms with van der Waals surface area (Å²) < 4.78 is 7.21. The molecule has 0 spiro atoms. The zero-order chi connectivity index (χ0) is 25.0. The summed E-state index contributed by atoms with van der Waals surface area (Å²) in [5.74, 6) is 0.513. The van der Waals surface area contributed by atoms with Gasteiger partial charge in [-0.05, 0) is 43.5 Å². The smallest absolute Gasteiger partial charge is 0.327 e. The number of carbonyl (C=O) groups excluding carboxylic acids is 3. The van der Waals surface area contributed by atoms with Gasteiger partial charge in [-0.2, -0.15) is 0 Å². The van der Waals surface area contributed by atoms with Crippen LogP contribution < -0.4 is 4.74 Å². The van der Waals surface area contributed by atoms with Crippen molar-refractivity contribution >= 4 is 51.0 Å². The van der Waals surface area contributed by atoms with Crippen LogP contribution in [0.15, 0.2) is 30.5 Å². The number of fused-ring (bicyclic) bond motifs is 2. The number of thiophene rings is 1. The van der Waals surface area contributed by atoms with E-state index in [4.69, 9.17) is 16.3 Å². The lowest BCUT2D eigenvalue weighted by atomic mass is 10.0. The summed E-state index contributed by atoms with van der Waals surface area (Å²) in [6, 6.07) is 7.28. The molecule has 3 aliphatic rings. The highest BCUT2D eigenvalue weighted by Crippen LogP contribution is 2.45. The molecule has 2 saturated heterocycles.